The molecule has 1 aromatic rings. The molecule has 10 heteroatoms. The molecule has 1 aliphatic carbocycles. The highest BCUT2D eigenvalue weighted by atomic mass is 32.2. The van der Waals surface area contributed by atoms with E-state index < -0.39 is 17.7 Å². The summed E-state index contributed by atoms with van der Waals surface area (Å²) in [5.41, 5.74) is 0.498. The molecule has 1 saturated carbocycles. The summed E-state index contributed by atoms with van der Waals surface area (Å²) in [5, 5.41) is 6.82. The van der Waals surface area contributed by atoms with E-state index >= 15 is 0 Å². The van der Waals surface area contributed by atoms with E-state index in [-0.39, 0.29) is 23.8 Å². The third kappa shape index (κ3) is 10.1. The van der Waals surface area contributed by atoms with Crippen molar-refractivity contribution >= 4 is 41.0 Å². The highest BCUT2D eigenvalue weighted by Gasteiger charge is 2.38. The summed E-state index contributed by atoms with van der Waals surface area (Å²) < 4.78 is 18.8. The number of hydrogen-bond acceptors (Lipinski definition) is 6. The van der Waals surface area contributed by atoms with Gasteiger partial charge in [-0.3, -0.25) is 14.6 Å². The van der Waals surface area contributed by atoms with Gasteiger partial charge < -0.3 is 15.4 Å². The summed E-state index contributed by atoms with van der Waals surface area (Å²) >= 11 is 7.50. The van der Waals surface area contributed by atoms with Crippen molar-refractivity contribution < 1.29 is 18.7 Å². The lowest BCUT2D eigenvalue weighted by Crippen LogP contribution is -2.55. The first-order valence-electron chi connectivity index (χ1n) is 15.2. The van der Waals surface area contributed by atoms with Gasteiger partial charge in [0.25, 0.3) is 0 Å². The van der Waals surface area contributed by atoms with Crippen molar-refractivity contribution in [3.63, 3.8) is 0 Å². The highest BCUT2D eigenvalue weighted by Crippen LogP contribution is 2.29. The molecular weight excluding hydrogens is 559 g/mol. The van der Waals surface area contributed by atoms with Crippen LogP contribution in [0.4, 0.5) is 9.18 Å². The molecule has 3 aliphatic rings. The Morgan fingerprint density at radius 1 is 1.10 bits per heavy atom. The third-order valence-electron chi connectivity index (χ3n) is 8.29. The zero-order valence-corrected chi connectivity index (χ0v) is 26.5. The predicted octanol–water partition coefficient (Wildman–Crippen LogP) is 5.86. The quantitative estimate of drug-likeness (QED) is 0.341. The Balaban J connectivity index is 1.33. The molecule has 2 aliphatic heterocycles. The molecule has 41 heavy (non-hydrogen) atoms. The second-order valence-electron chi connectivity index (χ2n) is 12.8. The number of carbonyl (C=O) groups excluding carboxylic acids is 2. The van der Waals surface area contributed by atoms with E-state index in [1.807, 2.05) is 32.9 Å². The van der Waals surface area contributed by atoms with Crippen LogP contribution >= 0.6 is 24.0 Å². The molecule has 1 aromatic carbocycles. The van der Waals surface area contributed by atoms with Crippen molar-refractivity contribution in [2.75, 3.05) is 24.7 Å². The van der Waals surface area contributed by atoms with Crippen LogP contribution in [0.2, 0.25) is 0 Å². The number of benzene rings is 1. The Labute approximate surface area is 254 Å². The van der Waals surface area contributed by atoms with Crippen LogP contribution in [0.1, 0.15) is 84.1 Å². The average Bonchev–Trinajstić information content (AvgIpc) is 3.44. The molecule has 4 rings (SSSR count). The molecular formula is C31H47FN4O3S2. The summed E-state index contributed by atoms with van der Waals surface area (Å²) in [6, 6.07) is 6.15. The minimum Gasteiger partial charge on any atom is -0.444 e. The number of likely N-dealkylation sites (tertiary alicyclic amines) is 1. The van der Waals surface area contributed by atoms with Crippen molar-refractivity contribution in [2.45, 2.75) is 109 Å². The highest BCUT2D eigenvalue weighted by molar-refractivity contribution is 7.99. The summed E-state index contributed by atoms with van der Waals surface area (Å²) in [6.07, 6.45) is 9.68. The van der Waals surface area contributed by atoms with E-state index in [4.69, 9.17) is 17.0 Å². The molecule has 228 valence electrons. The van der Waals surface area contributed by atoms with Crippen LogP contribution < -0.4 is 10.6 Å². The number of thiocarbonyl (C=S) groups is 1. The lowest BCUT2D eigenvalue weighted by Gasteiger charge is -2.35. The summed E-state index contributed by atoms with van der Waals surface area (Å²) in [6.45, 7) is 8.18. The maximum Gasteiger partial charge on any atom is 0.411 e. The van der Waals surface area contributed by atoms with E-state index in [0.29, 0.717) is 22.5 Å². The lowest BCUT2D eigenvalue weighted by molar-refractivity contribution is -0.125. The number of carbonyl (C=O) groups is 2. The Hall–Kier alpha value is -1.91. The van der Waals surface area contributed by atoms with Gasteiger partial charge in [0.2, 0.25) is 5.91 Å². The smallest absolute Gasteiger partial charge is 0.411 e. The number of piperidine rings is 1. The summed E-state index contributed by atoms with van der Waals surface area (Å²) in [4.78, 5) is 31.0. The molecule has 3 fully saturated rings. The first-order valence-corrected chi connectivity index (χ1v) is 16.8. The topological polar surface area (TPSA) is 73.9 Å². The van der Waals surface area contributed by atoms with Crippen LogP contribution in [-0.2, 0) is 16.1 Å². The zero-order chi connectivity index (χ0) is 29.4. The first-order chi connectivity index (χ1) is 19.6. The largest absolute Gasteiger partial charge is 0.444 e. The summed E-state index contributed by atoms with van der Waals surface area (Å²) in [7, 11) is 0. The second-order valence-corrected chi connectivity index (χ2v) is 14.2. The van der Waals surface area contributed by atoms with Crippen LogP contribution in [0.5, 0.6) is 0 Å². The summed E-state index contributed by atoms with van der Waals surface area (Å²) in [5.74, 6) is 1.31. The number of rotatable bonds is 9. The number of hydrogen-bond donors (Lipinski definition) is 2. The van der Waals surface area contributed by atoms with Gasteiger partial charge in [-0.15, -0.1) is 11.8 Å². The van der Waals surface area contributed by atoms with E-state index in [1.165, 1.54) is 49.1 Å². The first kappa shape index (κ1) is 32.0. The maximum absolute atomic E-state index is 13.5. The standard InChI is InChI=1S/C31H47FN4O3S2/c1-31(2,3)39-30(38)36-21-41-20-27(36)28(37)34-26(14-11-22-7-5-4-6-8-22)29(40)33-25-15-17-35(18-16-25)19-23-9-12-24(32)13-10-23/h9-10,12-13,22,25-27H,4-8,11,14-21H2,1-3H3,(H,33,40)(H,34,37)/t26-,27+/m1/s1. The number of ether oxygens (including phenoxy) is 1. The lowest BCUT2D eigenvalue weighted by atomic mass is 9.85. The molecule has 0 bridgehead atoms. The number of thioether (sulfide) groups is 1. The second kappa shape index (κ2) is 15.0. The van der Waals surface area contributed by atoms with E-state index in [2.05, 4.69) is 15.5 Å². The van der Waals surface area contributed by atoms with E-state index in [1.54, 1.807) is 11.8 Å². The van der Waals surface area contributed by atoms with Crippen LogP contribution in [0.25, 0.3) is 0 Å². The van der Waals surface area contributed by atoms with Gasteiger partial charge in [0.1, 0.15) is 17.5 Å². The maximum atomic E-state index is 13.5. The number of nitrogens with zero attached hydrogens (tertiary/aromatic N) is 2. The molecule has 2 saturated heterocycles. The molecule has 2 heterocycles. The average molecular weight is 607 g/mol. The van der Waals surface area contributed by atoms with Gasteiger partial charge in [0.15, 0.2) is 0 Å². The Morgan fingerprint density at radius 3 is 2.44 bits per heavy atom. The van der Waals surface area contributed by atoms with Crippen molar-refractivity contribution in [3.8, 4) is 0 Å². The monoisotopic (exact) mass is 606 g/mol. The molecule has 2 atom stereocenters. The molecule has 0 aromatic heterocycles. The van der Waals surface area contributed by atoms with Crippen molar-refractivity contribution in [1.29, 1.82) is 0 Å². The fraction of sp³-hybridized carbons (Fsp3) is 0.710. The van der Waals surface area contributed by atoms with Crippen LogP contribution in [0.3, 0.4) is 0 Å². The van der Waals surface area contributed by atoms with E-state index in [0.717, 1.165) is 50.9 Å². The predicted molar refractivity (Wildman–Crippen MR) is 167 cm³/mol. The Bertz CT molecular complexity index is 1020. The van der Waals surface area contributed by atoms with Crippen LogP contribution in [0.15, 0.2) is 24.3 Å². The van der Waals surface area contributed by atoms with Gasteiger partial charge in [0, 0.05) is 31.4 Å². The zero-order valence-electron chi connectivity index (χ0n) is 24.8. The van der Waals surface area contributed by atoms with Crippen molar-refractivity contribution in [3.05, 3.63) is 35.6 Å². The van der Waals surface area contributed by atoms with Crippen LogP contribution in [0, 0.1) is 11.7 Å². The van der Waals surface area contributed by atoms with Gasteiger partial charge in [-0.05, 0) is 70.1 Å². The number of halogens is 1. The Kier molecular flexibility index (Phi) is 11.7. The number of amides is 2. The SMILES string of the molecule is CC(C)(C)OC(=O)N1CSC[C@H]1C(=O)N[C@H](CCC1CCCCC1)C(=S)NC1CCN(Cc2ccc(F)cc2)CC1. The molecule has 0 spiro atoms. The molecule has 0 radical (unpaired) electrons. The normalized spacial score (nSPS) is 21.9. The van der Waals surface area contributed by atoms with Crippen molar-refractivity contribution in [1.82, 2.24) is 20.4 Å². The fourth-order valence-corrected chi connectivity index (χ4v) is 7.45. The minimum atomic E-state index is -0.617. The van der Waals surface area contributed by atoms with Gasteiger partial charge in [0.05, 0.1) is 16.9 Å². The van der Waals surface area contributed by atoms with Crippen molar-refractivity contribution in [2.24, 2.45) is 5.92 Å². The molecule has 2 N–H and O–H groups in total. The number of nitrogens with one attached hydrogen (secondary N) is 2. The Morgan fingerprint density at radius 2 is 1.78 bits per heavy atom. The van der Waals surface area contributed by atoms with Crippen LogP contribution in [-0.4, -0.2) is 75.2 Å². The molecule has 7 nitrogen and oxygen atoms in total. The van der Waals surface area contributed by atoms with Gasteiger partial charge in [-0.2, -0.15) is 0 Å². The third-order valence-corrected chi connectivity index (χ3v) is 9.70. The minimum absolute atomic E-state index is 0.159. The molecule has 2 amide bonds. The van der Waals surface area contributed by atoms with Gasteiger partial charge in [-0.1, -0.05) is 56.5 Å². The van der Waals surface area contributed by atoms with Gasteiger partial charge in [-0.25, -0.2) is 9.18 Å². The fourth-order valence-electron chi connectivity index (χ4n) is 5.96. The van der Waals surface area contributed by atoms with E-state index in [9.17, 15) is 14.0 Å². The van der Waals surface area contributed by atoms with Gasteiger partial charge >= 0.3 is 6.09 Å². The molecule has 0 unspecified atom stereocenters.